The molecular formula is C14H21N3O2. The molecule has 0 atom stereocenters. The molecule has 0 saturated heterocycles. The van der Waals surface area contributed by atoms with Crippen molar-refractivity contribution in [3.05, 3.63) is 29.3 Å². The fourth-order valence-corrected chi connectivity index (χ4v) is 1.81. The van der Waals surface area contributed by atoms with Crippen LogP contribution in [0.3, 0.4) is 0 Å². The lowest BCUT2D eigenvalue weighted by molar-refractivity contribution is -0.118. The van der Waals surface area contributed by atoms with E-state index in [-0.39, 0.29) is 11.8 Å². The Morgan fingerprint density at radius 3 is 2.58 bits per heavy atom. The van der Waals surface area contributed by atoms with Gasteiger partial charge in [0.05, 0.1) is 0 Å². The Hall–Kier alpha value is -2.04. The molecule has 1 rings (SSSR count). The smallest absolute Gasteiger partial charge is 0.251 e. The standard InChI is InChI=1S/C14H21N3O2/c1-10-9-11(6-7-12(10)16-2)14(19)17-8-4-3-5-13(15)18/h6-7,9,16H,3-5,8H2,1-2H3,(H2,15,18)(H,17,19). The van der Waals surface area contributed by atoms with Gasteiger partial charge in [0.15, 0.2) is 0 Å². The molecule has 0 aromatic heterocycles. The minimum atomic E-state index is -0.301. The number of nitrogens with one attached hydrogen (secondary N) is 2. The molecule has 0 aliphatic heterocycles. The van der Waals surface area contributed by atoms with Gasteiger partial charge < -0.3 is 16.4 Å². The van der Waals surface area contributed by atoms with E-state index in [4.69, 9.17) is 5.73 Å². The molecule has 1 aromatic carbocycles. The molecule has 0 unspecified atom stereocenters. The summed E-state index contributed by atoms with van der Waals surface area (Å²) in [5.41, 5.74) is 7.73. The second-order valence-electron chi connectivity index (χ2n) is 4.46. The van der Waals surface area contributed by atoms with Gasteiger partial charge in [-0.05, 0) is 43.5 Å². The number of amides is 2. The highest BCUT2D eigenvalue weighted by molar-refractivity contribution is 5.94. The van der Waals surface area contributed by atoms with E-state index in [1.165, 1.54) is 0 Å². The van der Waals surface area contributed by atoms with Crippen LogP contribution in [0, 0.1) is 6.92 Å². The summed E-state index contributed by atoms with van der Waals surface area (Å²) in [6.45, 7) is 2.51. The number of benzene rings is 1. The van der Waals surface area contributed by atoms with E-state index in [0.29, 0.717) is 24.9 Å². The lowest BCUT2D eigenvalue weighted by atomic mass is 10.1. The third-order valence-corrected chi connectivity index (χ3v) is 2.89. The van der Waals surface area contributed by atoms with Gasteiger partial charge >= 0.3 is 0 Å². The molecule has 5 nitrogen and oxygen atoms in total. The van der Waals surface area contributed by atoms with E-state index in [9.17, 15) is 9.59 Å². The highest BCUT2D eigenvalue weighted by Gasteiger charge is 2.06. The van der Waals surface area contributed by atoms with Gasteiger partial charge in [0, 0.05) is 31.3 Å². The van der Waals surface area contributed by atoms with Crippen molar-refractivity contribution in [2.75, 3.05) is 18.9 Å². The van der Waals surface area contributed by atoms with Gasteiger partial charge in [0.25, 0.3) is 5.91 Å². The van der Waals surface area contributed by atoms with Crippen molar-refractivity contribution in [1.82, 2.24) is 5.32 Å². The van der Waals surface area contributed by atoms with Crippen LogP contribution in [0.4, 0.5) is 5.69 Å². The molecule has 0 aliphatic rings. The van der Waals surface area contributed by atoms with Crippen LogP contribution in [0.5, 0.6) is 0 Å². The van der Waals surface area contributed by atoms with Crippen LogP contribution in [0.1, 0.15) is 35.2 Å². The SMILES string of the molecule is CNc1ccc(C(=O)NCCCCC(N)=O)cc1C. The van der Waals surface area contributed by atoms with Crippen molar-refractivity contribution in [3.63, 3.8) is 0 Å². The van der Waals surface area contributed by atoms with E-state index < -0.39 is 0 Å². The lowest BCUT2D eigenvalue weighted by Gasteiger charge is -2.08. The average molecular weight is 263 g/mol. The highest BCUT2D eigenvalue weighted by Crippen LogP contribution is 2.15. The first-order chi connectivity index (χ1) is 9.04. The number of carbonyl (C=O) groups is 2. The molecule has 0 saturated carbocycles. The number of nitrogens with two attached hydrogens (primary N) is 1. The summed E-state index contributed by atoms with van der Waals surface area (Å²) >= 11 is 0. The van der Waals surface area contributed by atoms with Crippen LogP contribution in [0.2, 0.25) is 0 Å². The fraction of sp³-hybridized carbons (Fsp3) is 0.429. The normalized spacial score (nSPS) is 10.0. The zero-order chi connectivity index (χ0) is 14.3. The van der Waals surface area contributed by atoms with Crippen molar-refractivity contribution < 1.29 is 9.59 Å². The van der Waals surface area contributed by atoms with Gasteiger partial charge in [-0.15, -0.1) is 0 Å². The molecule has 5 heteroatoms. The minimum absolute atomic E-state index is 0.0928. The average Bonchev–Trinajstić information content (AvgIpc) is 2.37. The number of hydrogen-bond donors (Lipinski definition) is 3. The summed E-state index contributed by atoms with van der Waals surface area (Å²) in [6.07, 6.45) is 1.82. The Morgan fingerprint density at radius 2 is 2.00 bits per heavy atom. The second-order valence-corrected chi connectivity index (χ2v) is 4.46. The molecule has 19 heavy (non-hydrogen) atoms. The first kappa shape index (κ1) is 15.0. The van der Waals surface area contributed by atoms with Crippen molar-refractivity contribution in [1.29, 1.82) is 0 Å². The van der Waals surface area contributed by atoms with Gasteiger partial charge in [-0.25, -0.2) is 0 Å². The number of unbranched alkanes of at least 4 members (excludes halogenated alkanes) is 1. The van der Waals surface area contributed by atoms with Crippen LogP contribution in [0.25, 0.3) is 0 Å². The molecule has 2 amide bonds. The van der Waals surface area contributed by atoms with Crippen molar-refractivity contribution in [3.8, 4) is 0 Å². The number of anilines is 1. The van der Waals surface area contributed by atoms with Crippen LogP contribution < -0.4 is 16.4 Å². The minimum Gasteiger partial charge on any atom is -0.388 e. The first-order valence-corrected chi connectivity index (χ1v) is 6.39. The lowest BCUT2D eigenvalue weighted by Crippen LogP contribution is -2.24. The molecule has 0 radical (unpaired) electrons. The molecule has 0 spiro atoms. The first-order valence-electron chi connectivity index (χ1n) is 6.39. The van der Waals surface area contributed by atoms with Crippen molar-refractivity contribution in [2.24, 2.45) is 5.73 Å². The van der Waals surface area contributed by atoms with E-state index in [0.717, 1.165) is 17.7 Å². The molecule has 1 aromatic rings. The maximum absolute atomic E-state index is 11.9. The van der Waals surface area contributed by atoms with Gasteiger partial charge in [0.1, 0.15) is 0 Å². The van der Waals surface area contributed by atoms with E-state index in [2.05, 4.69) is 10.6 Å². The number of hydrogen-bond acceptors (Lipinski definition) is 3. The monoisotopic (exact) mass is 263 g/mol. The quantitative estimate of drug-likeness (QED) is 0.650. The summed E-state index contributed by atoms with van der Waals surface area (Å²) in [6, 6.07) is 5.53. The Balaban J connectivity index is 2.41. The van der Waals surface area contributed by atoms with E-state index in [1.807, 2.05) is 26.1 Å². The molecule has 0 aliphatic carbocycles. The van der Waals surface area contributed by atoms with Gasteiger partial charge in [-0.2, -0.15) is 0 Å². The molecule has 0 fully saturated rings. The molecule has 104 valence electrons. The second kappa shape index (κ2) is 7.41. The molecular weight excluding hydrogens is 242 g/mol. The van der Waals surface area contributed by atoms with Crippen LogP contribution in [-0.4, -0.2) is 25.4 Å². The number of rotatable bonds is 7. The van der Waals surface area contributed by atoms with Crippen molar-refractivity contribution in [2.45, 2.75) is 26.2 Å². The van der Waals surface area contributed by atoms with Crippen LogP contribution >= 0.6 is 0 Å². The molecule has 4 N–H and O–H groups in total. The maximum atomic E-state index is 11.9. The topological polar surface area (TPSA) is 84.2 Å². The summed E-state index contributed by atoms with van der Waals surface area (Å²) in [5, 5.41) is 5.88. The fourth-order valence-electron chi connectivity index (χ4n) is 1.81. The largest absolute Gasteiger partial charge is 0.388 e. The Kier molecular flexibility index (Phi) is 5.85. The Labute approximate surface area is 113 Å². The third-order valence-electron chi connectivity index (χ3n) is 2.89. The highest BCUT2D eigenvalue weighted by atomic mass is 16.2. The zero-order valence-corrected chi connectivity index (χ0v) is 11.5. The number of aryl methyl sites for hydroxylation is 1. The number of carbonyl (C=O) groups excluding carboxylic acids is 2. The molecule has 0 heterocycles. The summed E-state index contributed by atoms with van der Waals surface area (Å²) in [5.74, 6) is -0.394. The van der Waals surface area contributed by atoms with Crippen molar-refractivity contribution >= 4 is 17.5 Å². The molecule has 0 bridgehead atoms. The summed E-state index contributed by atoms with van der Waals surface area (Å²) < 4.78 is 0. The van der Waals surface area contributed by atoms with Crippen LogP contribution in [-0.2, 0) is 4.79 Å². The summed E-state index contributed by atoms with van der Waals surface area (Å²) in [7, 11) is 1.85. The zero-order valence-electron chi connectivity index (χ0n) is 11.5. The van der Waals surface area contributed by atoms with E-state index in [1.54, 1.807) is 6.07 Å². The van der Waals surface area contributed by atoms with Gasteiger partial charge in [-0.3, -0.25) is 9.59 Å². The number of primary amides is 1. The maximum Gasteiger partial charge on any atom is 0.251 e. The predicted molar refractivity (Wildman–Crippen MR) is 76.1 cm³/mol. The summed E-state index contributed by atoms with van der Waals surface area (Å²) in [4.78, 5) is 22.4. The van der Waals surface area contributed by atoms with E-state index >= 15 is 0 Å². The van der Waals surface area contributed by atoms with Gasteiger partial charge in [0.2, 0.25) is 5.91 Å². The Morgan fingerprint density at radius 1 is 1.26 bits per heavy atom. The predicted octanol–water partition coefficient (Wildman–Crippen LogP) is 1.42. The van der Waals surface area contributed by atoms with Gasteiger partial charge in [-0.1, -0.05) is 0 Å². The third kappa shape index (κ3) is 4.99. The van der Waals surface area contributed by atoms with Crippen LogP contribution in [0.15, 0.2) is 18.2 Å². The Bertz CT molecular complexity index is 458.